The second kappa shape index (κ2) is 8.16. The molecule has 1 heterocycles. The van der Waals surface area contributed by atoms with Crippen LogP contribution in [0.15, 0.2) is 30.3 Å². The number of aliphatic hydroxyl groups excluding tert-OH is 1. The Balaban J connectivity index is 1.80. The van der Waals surface area contributed by atoms with E-state index in [0.717, 1.165) is 16.8 Å². The van der Waals surface area contributed by atoms with Crippen molar-refractivity contribution in [2.45, 2.75) is 26.2 Å². The molecule has 2 N–H and O–H groups in total. The molecule has 1 unspecified atom stereocenters. The van der Waals surface area contributed by atoms with Gasteiger partial charge in [0.25, 0.3) is 0 Å². The number of ether oxygens (including phenoxy) is 1. The number of amides is 1. The van der Waals surface area contributed by atoms with Gasteiger partial charge in [-0.3, -0.25) is 4.79 Å². The van der Waals surface area contributed by atoms with Crippen LogP contribution in [0.25, 0.3) is 10.2 Å². The maximum Gasteiger partial charge on any atom is 0.221 e. The molecule has 3 rings (SSSR count). The van der Waals surface area contributed by atoms with Crippen molar-refractivity contribution in [3.05, 3.63) is 57.6 Å². The van der Waals surface area contributed by atoms with E-state index in [9.17, 15) is 18.7 Å². The summed E-state index contributed by atoms with van der Waals surface area (Å²) in [6, 6.07) is 7.35. The highest BCUT2D eigenvalue weighted by Gasteiger charge is 2.23. The molecule has 142 valence electrons. The van der Waals surface area contributed by atoms with Crippen LogP contribution in [-0.4, -0.2) is 16.0 Å². The Kier molecular flexibility index (Phi) is 5.88. The molecule has 27 heavy (non-hydrogen) atoms. The molecule has 0 saturated heterocycles. The summed E-state index contributed by atoms with van der Waals surface area (Å²) < 4.78 is 34.8. The third kappa shape index (κ3) is 4.35. The lowest BCUT2D eigenvalue weighted by atomic mass is 10.1. The van der Waals surface area contributed by atoms with E-state index in [0.29, 0.717) is 15.5 Å². The molecule has 5 nitrogen and oxygen atoms in total. The van der Waals surface area contributed by atoms with E-state index in [1.165, 1.54) is 11.3 Å². The number of thiazole rings is 1. The summed E-state index contributed by atoms with van der Waals surface area (Å²) in [6.07, 6.45) is -1.75. The summed E-state index contributed by atoms with van der Waals surface area (Å²) in [5.41, 5.74) is 0.0226. The monoisotopic (exact) mass is 412 g/mol. The van der Waals surface area contributed by atoms with Crippen LogP contribution in [0.3, 0.4) is 0 Å². The second-order valence-corrected chi connectivity index (χ2v) is 7.16. The van der Waals surface area contributed by atoms with Crippen molar-refractivity contribution in [1.82, 2.24) is 10.3 Å². The van der Waals surface area contributed by atoms with E-state index in [2.05, 4.69) is 10.3 Å². The van der Waals surface area contributed by atoms with Crippen LogP contribution >= 0.6 is 22.9 Å². The fourth-order valence-electron chi connectivity index (χ4n) is 2.39. The van der Waals surface area contributed by atoms with E-state index < -0.39 is 29.3 Å². The van der Waals surface area contributed by atoms with Gasteiger partial charge in [-0.2, -0.15) is 0 Å². The number of aromatic nitrogens is 1. The molecule has 1 atom stereocenters. The maximum absolute atomic E-state index is 14.6. The van der Waals surface area contributed by atoms with Crippen molar-refractivity contribution in [2.24, 2.45) is 0 Å². The molecule has 1 aromatic heterocycles. The Morgan fingerprint density at radius 2 is 2.15 bits per heavy atom. The Morgan fingerprint density at radius 3 is 2.89 bits per heavy atom. The summed E-state index contributed by atoms with van der Waals surface area (Å²) in [4.78, 5) is 15.7. The highest BCUT2D eigenvalue weighted by atomic mass is 35.5. The fourth-order valence-corrected chi connectivity index (χ4v) is 3.41. The molecule has 0 saturated carbocycles. The predicted octanol–water partition coefficient (Wildman–Crippen LogP) is 4.32. The predicted molar refractivity (Wildman–Crippen MR) is 98.7 cm³/mol. The van der Waals surface area contributed by atoms with Gasteiger partial charge < -0.3 is 15.2 Å². The van der Waals surface area contributed by atoms with E-state index in [1.54, 1.807) is 19.1 Å². The third-order valence-electron chi connectivity index (χ3n) is 3.73. The van der Waals surface area contributed by atoms with Crippen LogP contribution in [0.2, 0.25) is 5.02 Å². The van der Waals surface area contributed by atoms with Crippen LogP contribution in [0.1, 0.15) is 30.1 Å². The molecule has 9 heteroatoms. The standard InChI is InChI=1S/C18H15ClF2N2O3S/c1-2-14(24)23-18(25)16-10(20)4-5-12(17(16)21)26-8-15-22-11-7-9(19)3-6-13(11)27-15/h3-7,18,25H,2,8H2,1H3,(H,23,24). The molecule has 1 amide bonds. The summed E-state index contributed by atoms with van der Waals surface area (Å²) in [5.74, 6) is -2.87. The van der Waals surface area contributed by atoms with Crippen LogP contribution in [0.5, 0.6) is 5.75 Å². The summed E-state index contributed by atoms with van der Waals surface area (Å²) in [7, 11) is 0. The summed E-state index contributed by atoms with van der Waals surface area (Å²) >= 11 is 7.28. The van der Waals surface area contributed by atoms with Crippen LogP contribution in [-0.2, 0) is 11.4 Å². The van der Waals surface area contributed by atoms with Gasteiger partial charge in [-0.25, -0.2) is 13.8 Å². The van der Waals surface area contributed by atoms with Gasteiger partial charge in [0.2, 0.25) is 5.91 Å². The molecular formula is C18H15ClF2N2O3S. The lowest BCUT2D eigenvalue weighted by molar-refractivity contribution is -0.123. The molecule has 0 aliphatic carbocycles. The van der Waals surface area contributed by atoms with Gasteiger partial charge >= 0.3 is 0 Å². The van der Waals surface area contributed by atoms with E-state index in [4.69, 9.17) is 16.3 Å². The molecule has 2 aromatic carbocycles. The first kappa shape index (κ1) is 19.5. The SMILES string of the molecule is CCC(=O)NC(O)c1c(F)ccc(OCc2nc3cc(Cl)ccc3s2)c1F. The normalized spacial score (nSPS) is 12.2. The van der Waals surface area contributed by atoms with Gasteiger partial charge in [-0.05, 0) is 30.3 Å². The molecule has 0 spiro atoms. The number of carbonyl (C=O) groups is 1. The van der Waals surface area contributed by atoms with E-state index in [1.807, 2.05) is 6.07 Å². The molecule has 0 fully saturated rings. The van der Waals surface area contributed by atoms with Crippen LogP contribution in [0, 0.1) is 11.6 Å². The number of nitrogens with one attached hydrogen (secondary N) is 1. The smallest absolute Gasteiger partial charge is 0.221 e. The second-order valence-electron chi connectivity index (χ2n) is 5.61. The average Bonchev–Trinajstić information content (AvgIpc) is 3.02. The van der Waals surface area contributed by atoms with Crippen molar-refractivity contribution in [2.75, 3.05) is 0 Å². The highest BCUT2D eigenvalue weighted by Crippen LogP contribution is 2.29. The first-order valence-electron chi connectivity index (χ1n) is 8.02. The Labute approximate surface area is 162 Å². The molecule has 0 radical (unpaired) electrons. The van der Waals surface area contributed by atoms with E-state index >= 15 is 0 Å². The number of halogens is 3. The van der Waals surface area contributed by atoms with Crippen molar-refractivity contribution in [3.8, 4) is 5.75 Å². The number of fused-ring (bicyclic) bond motifs is 1. The first-order valence-corrected chi connectivity index (χ1v) is 9.21. The quantitative estimate of drug-likeness (QED) is 0.591. The van der Waals surface area contributed by atoms with Crippen LogP contribution < -0.4 is 10.1 Å². The topological polar surface area (TPSA) is 71.5 Å². The Bertz CT molecular complexity index is 996. The average molecular weight is 413 g/mol. The molecule has 0 bridgehead atoms. The number of aliphatic hydroxyl groups is 1. The van der Waals surface area contributed by atoms with Gasteiger partial charge in [0.1, 0.15) is 17.4 Å². The lowest BCUT2D eigenvalue weighted by Crippen LogP contribution is -2.29. The Morgan fingerprint density at radius 1 is 1.37 bits per heavy atom. The zero-order valence-corrected chi connectivity index (χ0v) is 15.7. The molecule has 0 aliphatic heterocycles. The number of nitrogens with zero attached hydrogens (tertiary/aromatic N) is 1. The maximum atomic E-state index is 14.6. The van der Waals surface area contributed by atoms with Gasteiger partial charge in [0.15, 0.2) is 17.8 Å². The van der Waals surface area contributed by atoms with Crippen molar-refractivity contribution in [3.63, 3.8) is 0 Å². The number of hydrogen-bond donors (Lipinski definition) is 2. The van der Waals surface area contributed by atoms with Crippen molar-refractivity contribution in [1.29, 1.82) is 0 Å². The van der Waals surface area contributed by atoms with E-state index in [-0.39, 0.29) is 18.8 Å². The van der Waals surface area contributed by atoms with Crippen molar-refractivity contribution < 1.29 is 23.4 Å². The minimum absolute atomic E-state index is 0.0453. The summed E-state index contributed by atoms with van der Waals surface area (Å²) in [5, 5.41) is 13.2. The zero-order valence-electron chi connectivity index (χ0n) is 14.1. The largest absolute Gasteiger partial charge is 0.483 e. The van der Waals surface area contributed by atoms with Gasteiger partial charge in [-0.1, -0.05) is 18.5 Å². The summed E-state index contributed by atoms with van der Waals surface area (Å²) in [6.45, 7) is 1.51. The lowest BCUT2D eigenvalue weighted by Gasteiger charge is -2.16. The number of rotatable bonds is 6. The third-order valence-corrected chi connectivity index (χ3v) is 4.97. The fraction of sp³-hybridized carbons (Fsp3) is 0.222. The highest BCUT2D eigenvalue weighted by molar-refractivity contribution is 7.18. The zero-order chi connectivity index (χ0) is 19.6. The minimum Gasteiger partial charge on any atom is -0.483 e. The first-order chi connectivity index (χ1) is 12.9. The number of hydrogen-bond acceptors (Lipinski definition) is 5. The van der Waals surface area contributed by atoms with Gasteiger partial charge in [0.05, 0.1) is 15.8 Å². The van der Waals surface area contributed by atoms with Crippen LogP contribution in [0.4, 0.5) is 8.78 Å². The molecule has 0 aliphatic rings. The van der Waals surface area contributed by atoms with Gasteiger partial charge in [-0.15, -0.1) is 11.3 Å². The van der Waals surface area contributed by atoms with Crippen molar-refractivity contribution >= 4 is 39.1 Å². The van der Waals surface area contributed by atoms with Gasteiger partial charge in [0, 0.05) is 11.4 Å². The number of carbonyl (C=O) groups excluding carboxylic acids is 1. The number of benzene rings is 2. The molecule has 3 aromatic rings. The molecular weight excluding hydrogens is 398 g/mol. The minimum atomic E-state index is -1.81. The Hall–Kier alpha value is -2.29.